The molecular formula is C8H11N3OS. The lowest BCUT2D eigenvalue weighted by Crippen LogP contribution is -2.47. The van der Waals surface area contributed by atoms with E-state index in [0.29, 0.717) is 6.54 Å². The van der Waals surface area contributed by atoms with Gasteiger partial charge in [0.25, 0.3) is 0 Å². The molecule has 0 unspecified atom stereocenters. The lowest BCUT2D eigenvalue weighted by atomic mass is 10.4. The molecule has 0 radical (unpaired) electrons. The second kappa shape index (κ2) is 3.33. The van der Waals surface area contributed by atoms with Crippen LogP contribution in [0.1, 0.15) is 4.88 Å². The number of rotatable bonds is 1. The minimum atomic E-state index is 0.0825. The van der Waals surface area contributed by atoms with E-state index in [-0.39, 0.29) is 5.91 Å². The normalized spacial score (nSPS) is 17.3. The highest BCUT2D eigenvalue weighted by atomic mass is 32.1. The van der Waals surface area contributed by atoms with Crippen LogP contribution in [0.2, 0.25) is 0 Å². The van der Waals surface area contributed by atoms with Crippen LogP contribution in [0.3, 0.4) is 0 Å². The second-order valence-corrected chi connectivity index (χ2v) is 4.24. The maximum atomic E-state index is 11.1. The predicted octanol–water partition coefficient (Wildman–Crippen LogP) is 0.388. The molecule has 1 saturated heterocycles. The molecule has 0 spiro atoms. The Morgan fingerprint density at radius 3 is 3.15 bits per heavy atom. The third kappa shape index (κ3) is 1.80. The molecule has 1 aliphatic rings. The number of hydrogen-bond donors (Lipinski definition) is 1. The van der Waals surface area contributed by atoms with Crippen molar-refractivity contribution < 1.29 is 4.79 Å². The molecule has 1 amide bonds. The number of carbonyl (C=O) groups excluding carboxylic acids is 1. The first-order valence-electron chi connectivity index (χ1n) is 4.20. The first-order valence-corrected chi connectivity index (χ1v) is 5.01. The van der Waals surface area contributed by atoms with Gasteiger partial charge in [0.15, 0.2) is 5.13 Å². The lowest BCUT2D eigenvalue weighted by molar-refractivity contribution is -0.120. The zero-order valence-electron chi connectivity index (χ0n) is 7.41. The van der Waals surface area contributed by atoms with Gasteiger partial charge in [0.1, 0.15) is 0 Å². The topological polar surface area (TPSA) is 45.2 Å². The van der Waals surface area contributed by atoms with Gasteiger partial charge >= 0.3 is 0 Å². The first kappa shape index (κ1) is 8.50. The molecule has 13 heavy (non-hydrogen) atoms. The summed E-state index contributed by atoms with van der Waals surface area (Å²) in [5.41, 5.74) is 0. The Labute approximate surface area is 80.6 Å². The fraction of sp³-hybridized carbons (Fsp3) is 0.500. The molecule has 2 heterocycles. The maximum Gasteiger partial charge on any atom is 0.239 e. The number of amides is 1. The molecule has 1 N–H and O–H groups in total. The summed E-state index contributed by atoms with van der Waals surface area (Å²) in [5.74, 6) is 0.0825. The minimum absolute atomic E-state index is 0.0825. The van der Waals surface area contributed by atoms with Gasteiger partial charge in [0, 0.05) is 24.2 Å². The van der Waals surface area contributed by atoms with Crippen molar-refractivity contribution in [3.63, 3.8) is 0 Å². The molecule has 1 aromatic heterocycles. The summed E-state index contributed by atoms with van der Waals surface area (Å²) in [7, 11) is 0. The highest BCUT2D eigenvalue weighted by Gasteiger charge is 2.18. The van der Waals surface area contributed by atoms with E-state index in [1.165, 1.54) is 4.88 Å². The van der Waals surface area contributed by atoms with Crippen molar-refractivity contribution in [2.75, 3.05) is 24.5 Å². The summed E-state index contributed by atoms with van der Waals surface area (Å²) >= 11 is 1.63. The number of piperazine rings is 1. The highest BCUT2D eigenvalue weighted by Crippen LogP contribution is 2.21. The molecule has 1 aromatic rings. The van der Waals surface area contributed by atoms with Gasteiger partial charge in [-0.25, -0.2) is 4.98 Å². The molecule has 0 aromatic carbocycles. The Morgan fingerprint density at radius 2 is 2.54 bits per heavy atom. The van der Waals surface area contributed by atoms with Gasteiger partial charge < -0.3 is 10.2 Å². The van der Waals surface area contributed by atoms with Crippen molar-refractivity contribution in [1.82, 2.24) is 10.3 Å². The molecule has 4 nitrogen and oxygen atoms in total. The number of hydrogen-bond acceptors (Lipinski definition) is 4. The van der Waals surface area contributed by atoms with E-state index in [1.54, 1.807) is 11.3 Å². The van der Waals surface area contributed by atoms with Crippen LogP contribution in [-0.4, -0.2) is 30.5 Å². The van der Waals surface area contributed by atoms with E-state index < -0.39 is 0 Å². The van der Waals surface area contributed by atoms with E-state index >= 15 is 0 Å². The Balaban J connectivity index is 2.12. The number of aryl methyl sites for hydroxylation is 1. The molecule has 2 rings (SSSR count). The van der Waals surface area contributed by atoms with Crippen LogP contribution in [0.25, 0.3) is 0 Å². The van der Waals surface area contributed by atoms with E-state index in [1.807, 2.05) is 18.0 Å². The van der Waals surface area contributed by atoms with Crippen LogP contribution in [-0.2, 0) is 4.79 Å². The largest absolute Gasteiger partial charge is 0.353 e. The average molecular weight is 197 g/mol. The van der Waals surface area contributed by atoms with Crippen molar-refractivity contribution >= 4 is 22.4 Å². The number of carbonyl (C=O) groups is 1. The SMILES string of the molecule is Cc1cnc(N2CCNC(=O)C2)s1. The molecule has 70 valence electrons. The van der Waals surface area contributed by atoms with Crippen molar-refractivity contribution in [2.45, 2.75) is 6.92 Å². The molecule has 1 fully saturated rings. The number of aromatic nitrogens is 1. The first-order chi connectivity index (χ1) is 6.25. The van der Waals surface area contributed by atoms with E-state index in [0.717, 1.165) is 18.2 Å². The van der Waals surface area contributed by atoms with Crippen molar-refractivity contribution in [3.05, 3.63) is 11.1 Å². The Hall–Kier alpha value is -1.10. The molecule has 5 heteroatoms. The summed E-state index contributed by atoms with van der Waals surface area (Å²) in [4.78, 5) is 18.5. The summed E-state index contributed by atoms with van der Waals surface area (Å²) < 4.78 is 0. The van der Waals surface area contributed by atoms with Gasteiger partial charge in [0.2, 0.25) is 5.91 Å². The molecule has 0 atom stereocenters. The number of anilines is 1. The van der Waals surface area contributed by atoms with Gasteiger partial charge in [-0.3, -0.25) is 4.79 Å². The van der Waals surface area contributed by atoms with Crippen LogP contribution in [0, 0.1) is 6.92 Å². The smallest absolute Gasteiger partial charge is 0.239 e. The molecule has 0 bridgehead atoms. The molecule has 0 aliphatic carbocycles. The lowest BCUT2D eigenvalue weighted by Gasteiger charge is -2.25. The standard InChI is InChI=1S/C8H11N3OS/c1-6-4-10-8(13-6)11-3-2-9-7(12)5-11/h4H,2-3,5H2,1H3,(H,9,12). The van der Waals surface area contributed by atoms with Crippen LogP contribution < -0.4 is 10.2 Å². The highest BCUT2D eigenvalue weighted by molar-refractivity contribution is 7.15. The monoisotopic (exact) mass is 197 g/mol. The molecular weight excluding hydrogens is 186 g/mol. The van der Waals surface area contributed by atoms with E-state index in [9.17, 15) is 4.79 Å². The number of nitrogens with zero attached hydrogens (tertiary/aromatic N) is 2. The zero-order valence-corrected chi connectivity index (χ0v) is 8.23. The van der Waals surface area contributed by atoms with Gasteiger partial charge in [-0.15, -0.1) is 11.3 Å². The van der Waals surface area contributed by atoms with Gasteiger partial charge in [-0.2, -0.15) is 0 Å². The summed E-state index contributed by atoms with van der Waals surface area (Å²) in [5, 5.41) is 3.74. The quantitative estimate of drug-likeness (QED) is 0.708. The summed E-state index contributed by atoms with van der Waals surface area (Å²) in [6, 6.07) is 0. The minimum Gasteiger partial charge on any atom is -0.353 e. The fourth-order valence-electron chi connectivity index (χ4n) is 1.29. The van der Waals surface area contributed by atoms with Gasteiger partial charge in [-0.05, 0) is 6.92 Å². The van der Waals surface area contributed by atoms with Crippen LogP contribution in [0.5, 0.6) is 0 Å². The van der Waals surface area contributed by atoms with Crippen LogP contribution >= 0.6 is 11.3 Å². The maximum absolute atomic E-state index is 11.1. The van der Waals surface area contributed by atoms with Crippen LogP contribution in [0.15, 0.2) is 6.20 Å². The molecule has 1 aliphatic heterocycles. The third-order valence-corrected chi connectivity index (χ3v) is 2.89. The van der Waals surface area contributed by atoms with Crippen LogP contribution in [0.4, 0.5) is 5.13 Å². The molecule has 0 saturated carbocycles. The van der Waals surface area contributed by atoms with Gasteiger partial charge in [-0.1, -0.05) is 0 Å². The van der Waals surface area contributed by atoms with E-state index in [4.69, 9.17) is 0 Å². The van der Waals surface area contributed by atoms with Gasteiger partial charge in [0.05, 0.1) is 6.54 Å². The van der Waals surface area contributed by atoms with Crippen molar-refractivity contribution in [3.8, 4) is 0 Å². The van der Waals surface area contributed by atoms with Crippen molar-refractivity contribution in [1.29, 1.82) is 0 Å². The Morgan fingerprint density at radius 1 is 1.69 bits per heavy atom. The Bertz CT molecular complexity index is 323. The summed E-state index contributed by atoms with van der Waals surface area (Å²) in [6.45, 7) is 4.04. The predicted molar refractivity (Wildman–Crippen MR) is 52.1 cm³/mol. The number of nitrogens with one attached hydrogen (secondary N) is 1. The Kier molecular flexibility index (Phi) is 2.18. The fourth-order valence-corrected chi connectivity index (χ4v) is 2.07. The second-order valence-electron chi connectivity index (χ2n) is 3.02. The summed E-state index contributed by atoms with van der Waals surface area (Å²) in [6.07, 6.45) is 1.84. The van der Waals surface area contributed by atoms with E-state index in [2.05, 4.69) is 10.3 Å². The average Bonchev–Trinajstić information content (AvgIpc) is 2.52. The van der Waals surface area contributed by atoms with Crippen molar-refractivity contribution in [2.24, 2.45) is 0 Å². The zero-order chi connectivity index (χ0) is 9.26. The number of thiazole rings is 1. The third-order valence-electron chi connectivity index (χ3n) is 1.92.